The highest BCUT2D eigenvalue weighted by molar-refractivity contribution is 6.14. The van der Waals surface area contributed by atoms with Crippen molar-refractivity contribution in [3.05, 3.63) is 457 Å². The first-order valence-corrected chi connectivity index (χ1v) is 33.6. The number of benzene rings is 16. The number of rotatable bonds is 12. The quantitative estimate of drug-likeness (QED) is 0.109. The average Bonchev–Trinajstić information content (AvgIpc) is 0.878. The Morgan fingerprint density at radius 1 is 0.167 bits per heavy atom. The molecule has 0 radical (unpaired) electrons. The molecule has 4 nitrogen and oxygen atoms in total. The third-order valence-electron chi connectivity index (χ3n) is 19.9. The lowest BCUT2D eigenvalue weighted by Gasteiger charge is -2.37. The predicted molar refractivity (Wildman–Crippen MR) is 427 cm³/mol. The average molecular weight is 1320 g/mol. The zero-order chi connectivity index (χ0) is 85.0. The molecule has 0 saturated heterocycles. The maximum Gasteiger partial charge on any atom is 0.0702 e. The van der Waals surface area contributed by atoms with Crippen LogP contribution in [-0.4, -0.2) is 18.3 Å². The summed E-state index contributed by atoms with van der Waals surface area (Å²) in [4.78, 5) is 0. The molecule has 0 saturated carbocycles. The van der Waals surface area contributed by atoms with Crippen LogP contribution >= 0.6 is 0 Å². The number of hydrogen-bond donors (Lipinski definition) is 0. The molecule has 0 spiro atoms. The summed E-state index contributed by atoms with van der Waals surface area (Å²) in [5.41, 5.74) is 11.8. The number of hydrogen-bond acceptors (Lipinski definition) is 0. The van der Waals surface area contributed by atoms with Crippen LogP contribution in [0, 0.1) is 0 Å². The van der Waals surface area contributed by atoms with Crippen LogP contribution in [0.2, 0.25) is 0 Å². The standard InChI is InChI=1S/2C49H34N2/c2*1-4-17-35(18-5-1)49(36-19-6-2-7-20-36,37-21-8-3-9-22-37)38-23-16-24-39(33-38)50-47-30-15-12-27-43(47)44-34-40(31-32-48(44)50)51-45-28-13-10-25-41(45)42-26-11-14-29-46(42)51/h2*1-34H/i10D,11D,12D,13D,14D,15D,25D,26D,27D,28D,29D,30D;10D,11D,13D,14D,25D,26D,28D,29D. The molecule has 480 valence electrons. The Kier molecular flexibility index (Phi) is 10.4. The normalized spacial score (nSPS) is 14.7. The molecule has 20 aromatic rings. The zero-order valence-electron chi connectivity index (χ0n) is 74.5. The van der Waals surface area contributed by atoms with Crippen LogP contribution in [0.15, 0.2) is 412 Å². The molecular weight excluding hydrogens is 1230 g/mol. The van der Waals surface area contributed by atoms with E-state index >= 15 is 0 Å². The van der Waals surface area contributed by atoms with E-state index in [1.54, 1.807) is 22.8 Å². The molecule has 0 unspecified atom stereocenters. The molecule has 0 atom stereocenters. The summed E-state index contributed by atoms with van der Waals surface area (Å²) in [6, 6.07) is 89.2. The van der Waals surface area contributed by atoms with Gasteiger partial charge in [-0.3, -0.25) is 0 Å². The van der Waals surface area contributed by atoms with Crippen LogP contribution in [0.3, 0.4) is 0 Å². The Hall–Kier alpha value is -13.3. The van der Waals surface area contributed by atoms with Crippen molar-refractivity contribution in [3.63, 3.8) is 0 Å². The first-order valence-electron chi connectivity index (χ1n) is 43.6. The van der Waals surface area contributed by atoms with Crippen molar-refractivity contribution in [2.24, 2.45) is 0 Å². The lowest BCUT2D eigenvalue weighted by Crippen LogP contribution is -2.31. The van der Waals surface area contributed by atoms with Crippen molar-refractivity contribution in [2.45, 2.75) is 10.8 Å². The molecule has 0 aliphatic carbocycles. The molecule has 16 aromatic carbocycles. The third kappa shape index (κ3) is 9.52. The molecule has 4 heterocycles. The summed E-state index contributed by atoms with van der Waals surface area (Å²) in [5.74, 6) is 0. The van der Waals surface area contributed by atoms with Gasteiger partial charge >= 0.3 is 0 Å². The molecule has 20 rings (SSSR count). The second-order valence-electron chi connectivity index (χ2n) is 25.2. The molecule has 0 N–H and O–H groups in total. The van der Waals surface area contributed by atoms with Gasteiger partial charge in [0.25, 0.3) is 0 Å². The number of fused-ring (bicyclic) bond motifs is 12. The topological polar surface area (TPSA) is 19.7 Å². The van der Waals surface area contributed by atoms with Gasteiger partial charge < -0.3 is 18.3 Å². The minimum absolute atomic E-state index is 0.0519. The molecule has 0 aliphatic rings. The fourth-order valence-electron chi connectivity index (χ4n) is 15.7. The minimum Gasteiger partial charge on any atom is -0.309 e. The number of nitrogens with zero attached hydrogens (tertiary/aromatic N) is 4. The Labute approximate surface area is 620 Å². The van der Waals surface area contributed by atoms with Gasteiger partial charge in [0.05, 0.1) is 82.4 Å². The zero-order valence-corrected chi connectivity index (χ0v) is 54.5. The van der Waals surface area contributed by atoms with Crippen molar-refractivity contribution in [3.8, 4) is 22.7 Å². The Morgan fingerprint density at radius 3 is 0.735 bits per heavy atom. The summed E-state index contributed by atoms with van der Waals surface area (Å²) < 4.78 is 183. The summed E-state index contributed by atoms with van der Waals surface area (Å²) >= 11 is 0. The monoisotopic (exact) mass is 1320 g/mol. The van der Waals surface area contributed by atoms with Gasteiger partial charge in [-0.25, -0.2) is 0 Å². The predicted octanol–water partition coefficient (Wildman–Crippen LogP) is 24.5. The summed E-state index contributed by atoms with van der Waals surface area (Å²) in [5, 5.41) is 2.36. The van der Waals surface area contributed by atoms with E-state index in [0.717, 1.165) is 72.0 Å². The first kappa shape index (κ1) is 42.5. The van der Waals surface area contributed by atoms with E-state index in [1.807, 2.05) is 132 Å². The molecule has 102 heavy (non-hydrogen) atoms. The molecule has 4 heteroatoms. The van der Waals surface area contributed by atoms with Crippen molar-refractivity contribution in [1.29, 1.82) is 0 Å². The van der Waals surface area contributed by atoms with E-state index < -0.39 is 95.4 Å². The lowest BCUT2D eigenvalue weighted by molar-refractivity contribution is 0.744. The van der Waals surface area contributed by atoms with Gasteiger partial charge in [-0.2, -0.15) is 0 Å². The second kappa shape index (κ2) is 24.9. The van der Waals surface area contributed by atoms with Crippen molar-refractivity contribution < 1.29 is 27.4 Å². The number of para-hydroxylation sites is 6. The first-order chi connectivity index (χ1) is 58.9. The molecule has 0 fully saturated rings. The van der Waals surface area contributed by atoms with E-state index in [0.29, 0.717) is 22.3 Å². The maximum absolute atomic E-state index is 9.34. The Morgan fingerprint density at radius 2 is 0.402 bits per heavy atom. The smallest absolute Gasteiger partial charge is 0.0702 e. The molecule has 4 aromatic heterocycles. The third-order valence-corrected chi connectivity index (χ3v) is 19.9. The van der Waals surface area contributed by atoms with Crippen molar-refractivity contribution in [2.75, 3.05) is 0 Å². The van der Waals surface area contributed by atoms with Gasteiger partial charge in [-0.15, -0.1) is 0 Å². The minimum atomic E-state index is -0.831. The lowest BCUT2D eigenvalue weighted by atomic mass is 9.65. The van der Waals surface area contributed by atoms with Crippen LogP contribution in [0.5, 0.6) is 0 Å². The van der Waals surface area contributed by atoms with E-state index in [1.165, 1.54) is 4.57 Å². The van der Waals surface area contributed by atoms with Crippen LogP contribution < -0.4 is 0 Å². The highest BCUT2D eigenvalue weighted by Gasteiger charge is 2.40. The van der Waals surface area contributed by atoms with E-state index in [9.17, 15) is 2.74 Å². The van der Waals surface area contributed by atoms with E-state index in [2.05, 4.69) is 150 Å². The van der Waals surface area contributed by atoms with Gasteiger partial charge in [0.1, 0.15) is 0 Å². The molecule has 0 aliphatic heterocycles. The Balaban J connectivity index is 0.000000161. The van der Waals surface area contributed by atoms with Crippen LogP contribution in [0.1, 0.15) is 71.9 Å². The van der Waals surface area contributed by atoms with Crippen molar-refractivity contribution >= 4 is 87.2 Å². The summed E-state index contributed by atoms with van der Waals surface area (Å²) in [6.07, 6.45) is 0. The van der Waals surface area contributed by atoms with Crippen LogP contribution in [0.4, 0.5) is 0 Å². The largest absolute Gasteiger partial charge is 0.309 e. The fraction of sp³-hybridized carbons (Fsp3) is 0.0204. The molecule has 0 bridgehead atoms. The second-order valence-corrected chi connectivity index (χ2v) is 25.2. The van der Waals surface area contributed by atoms with Crippen LogP contribution in [-0.2, 0) is 10.8 Å². The highest BCUT2D eigenvalue weighted by atomic mass is 15.0. The Bertz CT molecular complexity index is 7400. The van der Waals surface area contributed by atoms with Gasteiger partial charge in [-0.05, 0) is 141 Å². The van der Waals surface area contributed by atoms with E-state index in [-0.39, 0.29) is 96.5 Å². The van der Waals surface area contributed by atoms with Gasteiger partial charge in [0, 0.05) is 65.8 Å². The summed E-state index contributed by atoms with van der Waals surface area (Å²) in [7, 11) is 0. The van der Waals surface area contributed by atoms with Gasteiger partial charge in [0.15, 0.2) is 0 Å². The maximum atomic E-state index is 9.34. The SMILES string of the molecule is [2H]c1c([2H])c([2H])c2c(c1[2H])c1c([2H])c([2H])c([2H])c([2H])c1n2-c1ccc2c(c1)c1ccccc1n2-c1cccc(C(c2ccccc2)(c2ccccc2)c2ccccc2)c1.[2H]c1c([2H])c([2H])c2c(c1[2H])c1cc(-n3c4c([2H])c([2H])c([2H])c([2H])c4c4c([2H])c([2H])c([2H])c([2H])c43)ccc1n2-c1cccc(C(c2ccccc2)(c2ccccc2)c2ccccc2)c1. The molecule has 0 amide bonds. The fourth-order valence-corrected chi connectivity index (χ4v) is 15.7. The van der Waals surface area contributed by atoms with Gasteiger partial charge in [0.2, 0.25) is 0 Å². The molecular formula is C98H68N4. The summed E-state index contributed by atoms with van der Waals surface area (Å²) in [6.45, 7) is 0. The highest BCUT2D eigenvalue weighted by Crippen LogP contribution is 2.49. The van der Waals surface area contributed by atoms with Gasteiger partial charge in [-0.1, -0.05) is 315 Å². The van der Waals surface area contributed by atoms with Crippen molar-refractivity contribution in [1.82, 2.24) is 18.3 Å². The van der Waals surface area contributed by atoms with Crippen LogP contribution in [0.25, 0.3) is 110 Å². The van der Waals surface area contributed by atoms with E-state index in [4.69, 9.17) is 24.7 Å². The number of aromatic nitrogens is 4.